The molecule has 1 fully saturated rings. The number of piperidine rings is 1. The van der Waals surface area contributed by atoms with Crippen LogP contribution in [-0.2, 0) is 11.2 Å². The summed E-state index contributed by atoms with van der Waals surface area (Å²) < 4.78 is 7.20. The summed E-state index contributed by atoms with van der Waals surface area (Å²) in [5, 5.41) is 7.89. The highest BCUT2D eigenvalue weighted by molar-refractivity contribution is 5.79. The lowest BCUT2D eigenvalue weighted by molar-refractivity contribution is -0.131. The van der Waals surface area contributed by atoms with Gasteiger partial charge in [-0.05, 0) is 18.9 Å². The molecule has 6 heteroatoms. The van der Waals surface area contributed by atoms with Gasteiger partial charge in [0.25, 0.3) is 0 Å². The molecule has 0 unspecified atom stereocenters. The second-order valence-corrected chi connectivity index (χ2v) is 5.48. The number of amides is 1. The largest absolute Gasteiger partial charge is 0.496 e. The van der Waals surface area contributed by atoms with Gasteiger partial charge in [0.15, 0.2) is 0 Å². The molecule has 1 aromatic heterocycles. The van der Waals surface area contributed by atoms with Crippen LogP contribution in [0.2, 0.25) is 0 Å². The van der Waals surface area contributed by atoms with E-state index in [-0.39, 0.29) is 5.91 Å². The number of hydrogen-bond donors (Lipinski definition) is 0. The molecule has 1 saturated heterocycles. The highest BCUT2D eigenvalue weighted by atomic mass is 16.5. The summed E-state index contributed by atoms with van der Waals surface area (Å²) in [5.41, 5.74) is 0.938. The number of aromatic nitrogens is 3. The molecule has 22 heavy (non-hydrogen) atoms. The van der Waals surface area contributed by atoms with E-state index in [1.54, 1.807) is 13.3 Å². The molecular weight excluding hydrogens is 280 g/mol. The van der Waals surface area contributed by atoms with Gasteiger partial charge in [-0.1, -0.05) is 23.4 Å². The third kappa shape index (κ3) is 3.10. The molecule has 2 aromatic rings. The van der Waals surface area contributed by atoms with E-state index in [1.807, 2.05) is 40.0 Å². The SMILES string of the molecule is COc1ccccc1CC(=O)N1CCC(n2ccnn2)CC1. The summed E-state index contributed by atoms with van der Waals surface area (Å²) in [7, 11) is 1.63. The fourth-order valence-electron chi connectivity index (χ4n) is 2.92. The van der Waals surface area contributed by atoms with Gasteiger partial charge in [-0.2, -0.15) is 0 Å². The van der Waals surface area contributed by atoms with Crippen molar-refractivity contribution in [1.29, 1.82) is 0 Å². The van der Waals surface area contributed by atoms with Crippen molar-refractivity contribution in [2.24, 2.45) is 0 Å². The number of benzene rings is 1. The second-order valence-electron chi connectivity index (χ2n) is 5.48. The lowest BCUT2D eigenvalue weighted by Crippen LogP contribution is -2.40. The Bertz CT molecular complexity index is 619. The number of carbonyl (C=O) groups is 1. The topological polar surface area (TPSA) is 60.2 Å². The van der Waals surface area contributed by atoms with Crippen LogP contribution in [0.5, 0.6) is 5.75 Å². The van der Waals surface area contributed by atoms with E-state index in [4.69, 9.17) is 4.74 Å². The number of hydrogen-bond acceptors (Lipinski definition) is 4. The van der Waals surface area contributed by atoms with Crippen molar-refractivity contribution >= 4 is 5.91 Å². The molecule has 0 N–H and O–H groups in total. The zero-order valence-electron chi connectivity index (χ0n) is 12.7. The van der Waals surface area contributed by atoms with Crippen molar-refractivity contribution in [3.8, 4) is 5.75 Å². The minimum atomic E-state index is 0.154. The van der Waals surface area contributed by atoms with E-state index >= 15 is 0 Å². The lowest BCUT2D eigenvalue weighted by atomic mass is 10.0. The van der Waals surface area contributed by atoms with Gasteiger partial charge in [0.05, 0.1) is 25.8 Å². The Morgan fingerprint density at radius 3 is 2.77 bits per heavy atom. The Morgan fingerprint density at radius 2 is 2.09 bits per heavy atom. The van der Waals surface area contributed by atoms with Gasteiger partial charge < -0.3 is 9.64 Å². The van der Waals surface area contributed by atoms with Gasteiger partial charge in [-0.15, -0.1) is 5.10 Å². The van der Waals surface area contributed by atoms with Crippen molar-refractivity contribution < 1.29 is 9.53 Å². The van der Waals surface area contributed by atoms with Crippen LogP contribution in [0.15, 0.2) is 36.7 Å². The molecule has 0 spiro atoms. The molecule has 1 aliphatic heterocycles. The van der Waals surface area contributed by atoms with E-state index in [2.05, 4.69) is 10.3 Å². The number of methoxy groups -OCH3 is 1. The number of likely N-dealkylation sites (tertiary alicyclic amines) is 1. The van der Waals surface area contributed by atoms with Crippen molar-refractivity contribution in [3.05, 3.63) is 42.2 Å². The minimum absolute atomic E-state index is 0.154. The van der Waals surface area contributed by atoms with Crippen LogP contribution in [-0.4, -0.2) is 46.0 Å². The summed E-state index contributed by atoms with van der Waals surface area (Å²) in [6.45, 7) is 1.52. The van der Waals surface area contributed by atoms with Gasteiger partial charge in [0.1, 0.15) is 5.75 Å². The molecule has 1 amide bonds. The minimum Gasteiger partial charge on any atom is -0.496 e. The molecule has 0 radical (unpaired) electrons. The Morgan fingerprint density at radius 1 is 1.32 bits per heavy atom. The predicted molar refractivity (Wildman–Crippen MR) is 81.6 cm³/mol. The number of para-hydroxylation sites is 1. The first-order chi connectivity index (χ1) is 10.8. The van der Waals surface area contributed by atoms with E-state index in [9.17, 15) is 4.79 Å². The summed E-state index contributed by atoms with van der Waals surface area (Å²) in [6, 6.07) is 8.02. The fourth-order valence-corrected chi connectivity index (χ4v) is 2.92. The molecule has 116 valence electrons. The normalized spacial score (nSPS) is 15.8. The molecule has 3 rings (SSSR count). The molecule has 0 bridgehead atoms. The van der Waals surface area contributed by atoms with Crippen LogP contribution in [0.4, 0.5) is 0 Å². The smallest absolute Gasteiger partial charge is 0.227 e. The zero-order valence-corrected chi connectivity index (χ0v) is 12.7. The van der Waals surface area contributed by atoms with Crippen molar-refractivity contribution in [1.82, 2.24) is 19.9 Å². The Kier molecular flexibility index (Phi) is 4.37. The van der Waals surface area contributed by atoms with Crippen LogP contribution < -0.4 is 4.74 Å². The lowest BCUT2D eigenvalue weighted by Gasteiger charge is -2.32. The van der Waals surface area contributed by atoms with Crippen LogP contribution in [0.25, 0.3) is 0 Å². The van der Waals surface area contributed by atoms with Crippen LogP contribution in [0, 0.1) is 0 Å². The molecular formula is C16H20N4O2. The zero-order chi connectivity index (χ0) is 15.4. The van der Waals surface area contributed by atoms with E-state index < -0.39 is 0 Å². The highest BCUT2D eigenvalue weighted by Crippen LogP contribution is 2.23. The highest BCUT2D eigenvalue weighted by Gasteiger charge is 2.24. The number of rotatable bonds is 4. The molecule has 1 aromatic carbocycles. The first kappa shape index (κ1) is 14.6. The number of ether oxygens (including phenoxy) is 1. The van der Waals surface area contributed by atoms with E-state index in [0.717, 1.165) is 37.2 Å². The summed E-state index contributed by atoms with van der Waals surface area (Å²) in [5.74, 6) is 0.926. The monoisotopic (exact) mass is 300 g/mol. The van der Waals surface area contributed by atoms with Crippen molar-refractivity contribution in [3.63, 3.8) is 0 Å². The van der Waals surface area contributed by atoms with E-state index in [0.29, 0.717) is 12.5 Å². The first-order valence-corrected chi connectivity index (χ1v) is 7.53. The molecule has 6 nitrogen and oxygen atoms in total. The Labute approximate surface area is 129 Å². The number of nitrogens with zero attached hydrogens (tertiary/aromatic N) is 4. The molecule has 1 aliphatic rings. The third-order valence-corrected chi connectivity index (χ3v) is 4.17. The second kappa shape index (κ2) is 6.60. The summed E-state index contributed by atoms with van der Waals surface area (Å²) in [6.07, 6.45) is 5.80. The van der Waals surface area contributed by atoms with Gasteiger partial charge in [-0.25, -0.2) is 4.68 Å². The summed E-state index contributed by atoms with van der Waals surface area (Å²) in [4.78, 5) is 14.4. The molecule has 2 heterocycles. The summed E-state index contributed by atoms with van der Waals surface area (Å²) >= 11 is 0. The maximum atomic E-state index is 12.5. The standard InChI is InChI=1S/C16H20N4O2/c1-22-15-5-3-2-4-13(15)12-16(21)19-9-6-14(7-10-19)20-11-8-17-18-20/h2-5,8,11,14H,6-7,9-10,12H2,1H3. The van der Waals surface area contributed by atoms with Crippen molar-refractivity contribution in [2.45, 2.75) is 25.3 Å². The Hall–Kier alpha value is -2.37. The fraction of sp³-hybridized carbons (Fsp3) is 0.438. The number of carbonyl (C=O) groups excluding carboxylic acids is 1. The van der Waals surface area contributed by atoms with E-state index in [1.165, 1.54) is 0 Å². The van der Waals surface area contributed by atoms with Crippen LogP contribution >= 0.6 is 0 Å². The van der Waals surface area contributed by atoms with Gasteiger partial charge in [-0.3, -0.25) is 4.79 Å². The maximum absolute atomic E-state index is 12.5. The van der Waals surface area contributed by atoms with Crippen LogP contribution in [0.1, 0.15) is 24.4 Å². The average molecular weight is 300 g/mol. The first-order valence-electron chi connectivity index (χ1n) is 7.53. The van der Waals surface area contributed by atoms with Gasteiger partial charge in [0, 0.05) is 24.8 Å². The van der Waals surface area contributed by atoms with Gasteiger partial charge in [0.2, 0.25) is 5.91 Å². The Balaban J connectivity index is 1.58. The average Bonchev–Trinajstić information content (AvgIpc) is 3.10. The van der Waals surface area contributed by atoms with Crippen LogP contribution in [0.3, 0.4) is 0 Å². The molecule has 0 saturated carbocycles. The van der Waals surface area contributed by atoms with Crippen molar-refractivity contribution in [2.75, 3.05) is 20.2 Å². The third-order valence-electron chi connectivity index (χ3n) is 4.17. The molecule has 0 atom stereocenters. The molecule has 0 aliphatic carbocycles. The quantitative estimate of drug-likeness (QED) is 0.862. The maximum Gasteiger partial charge on any atom is 0.227 e. The van der Waals surface area contributed by atoms with Gasteiger partial charge >= 0.3 is 0 Å². The predicted octanol–water partition coefficient (Wildman–Crippen LogP) is 1.69.